The third kappa shape index (κ3) is 4.72. The van der Waals surface area contributed by atoms with E-state index in [1.165, 1.54) is 7.11 Å². The molecule has 1 fully saturated rings. The maximum Gasteiger partial charge on any atom is 0.337 e. The fraction of sp³-hybridized carbons (Fsp3) is 0.273. The summed E-state index contributed by atoms with van der Waals surface area (Å²) < 4.78 is 10.3. The molecule has 9 nitrogen and oxygen atoms in total. The van der Waals surface area contributed by atoms with Crippen LogP contribution < -0.4 is 10.1 Å². The minimum atomic E-state index is -0.401. The van der Waals surface area contributed by atoms with E-state index in [1.807, 2.05) is 30.3 Å². The van der Waals surface area contributed by atoms with Crippen molar-refractivity contribution in [3.8, 4) is 17.1 Å². The number of hydrogen-bond donors (Lipinski definition) is 2. The van der Waals surface area contributed by atoms with Gasteiger partial charge in [-0.25, -0.2) is 9.78 Å². The van der Waals surface area contributed by atoms with Crippen LogP contribution in [0.4, 0.5) is 0 Å². The molecule has 1 saturated heterocycles. The van der Waals surface area contributed by atoms with Crippen molar-refractivity contribution in [2.75, 3.05) is 33.4 Å². The highest BCUT2D eigenvalue weighted by Gasteiger charge is 2.30. The Morgan fingerprint density at radius 3 is 2.65 bits per heavy atom. The lowest BCUT2D eigenvalue weighted by atomic mass is 10.1. The molecular formula is C22H23N5O4. The minimum absolute atomic E-state index is 0.0451. The van der Waals surface area contributed by atoms with E-state index in [0.29, 0.717) is 42.6 Å². The van der Waals surface area contributed by atoms with E-state index in [1.54, 1.807) is 29.2 Å². The second-order valence-corrected chi connectivity index (χ2v) is 7.02. The number of amides is 1. The number of hydrogen-bond acceptors (Lipinski definition) is 7. The number of para-hydroxylation sites is 1. The third-order valence-electron chi connectivity index (χ3n) is 5.05. The monoisotopic (exact) mass is 421 g/mol. The molecule has 1 atom stereocenters. The Hall–Kier alpha value is -3.72. The summed E-state index contributed by atoms with van der Waals surface area (Å²) in [7, 11) is 1.34. The van der Waals surface area contributed by atoms with Crippen molar-refractivity contribution in [1.29, 1.82) is 0 Å². The van der Waals surface area contributed by atoms with Crippen LogP contribution in [0.2, 0.25) is 0 Å². The summed E-state index contributed by atoms with van der Waals surface area (Å²) >= 11 is 0. The average Bonchev–Trinajstić information content (AvgIpc) is 3.33. The molecule has 31 heavy (non-hydrogen) atoms. The SMILES string of the molecule is COC(=O)c1ccc(-c2n[nH]c([C@H]3CNCCN3C(=O)COc3ccccc3)n2)cc1. The number of esters is 1. The number of aromatic amines is 1. The van der Waals surface area contributed by atoms with E-state index in [-0.39, 0.29) is 18.6 Å². The first kappa shape index (κ1) is 20.5. The number of H-pyrrole nitrogens is 1. The largest absolute Gasteiger partial charge is 0.484 e. The van der Waals surface area contributed by atoms with Gasteiger partial charge in [0.15, 0.2) is 12.4 Å². The molecule has 9 heteroatoms. The molecule has 1 aliphatic rings. The van der Waals surface area contributed by atoms with Gasteiger partial charge < -0.3 is 19.7 Å². The fourth-order valence-electron chi connectivity index (χ4n) is 3.42. The summed E-state index contributed by atoms with van der Waals surface area (Å²) in [5.41, 5.74) is 1.21. The fourth-order valence-corrected chi connectivity index (χ4v) is 3.42. The van der Waals surface area contributed by atoms with Crippen LogP contribution in [-0.2, 0) is 9.53 Å². The molecule has 4 rings (SSSR count). The number of benzene rings is 2. The summed E-state index contributed by atoms with van der Waals surface area (Å²) in [5.74, 6) is 1.22. The summed E-state index contributed by atoms with van der Waals surface area (Å²) in [6.07, 6.45) is 0. The highest BCUT2D eigenvalue weighted by molar-refractivity contribution is 5.89. The predicted octanol–water partition coefficient (Wildman–Crippen LogP) is 1.81. The van der Waals surface area contributed by atoms with Crippen molar-refractivity contribution in [2.24, 2.45) is 0 Å². The predicted molar refractivity (Wildman–Crippen MR) is 112 cm³/mol. The van der Waals surface area contributed by atoms with Crippen molar-refractivity contribution >= 4 is 11.9 Å². The van der Waals surface area contributed by atoms with Gasteiger partial charge >= 0.3 is 5.97 Å². The zero-order chi connectivity index (χ0) is 21.6. The molecule has 160 valence electrons. The van der Waals surface area contributed by atoms with Gasteiger partial charge in [0, 0.05) is 25.2 Å². The van der Waals surface area contributed by atoms with Crippen molar-refractivity contribution in [1.82, 2.24) is 25.4 Å². The van der Waals surface area contributed by atoms with E-state index >= 15 is 0 Å². The topological polar surface area (TPSA) is 109 Å². The lowest BCUT2D eigenvalue weighted by molar-refractivity contribution is -0.137. The Morgan fingerprint density at radius 1 is 1.13 bits per heavy atom. The minimum Gasteiger partial charge on any atom is -0.484 e. The summed E-state index contributed by atoms with van der Waals surface area (Å²) in [6, 6.07) is 15.8. The quantitative estimate of drug-likeness (QED) is 0.584. The molecule has 1 amide bonds. The normalized spacial score (nSPS) is 16.0. The van der Waals surface area contributed by atoms with Gasteiger partial charge in [0.1, 0.15) is 17.6 Å². The Kier molecular flexibility index (Phi) is 6.23. The Morgan fingerprint density at radius 2 is 1.90 bits per heavy atom. The molecule has 1 aromatic heterocycles. The number of carbonyl (C=O) groups excluding carboxylic acids is 2. The zero-order valence-electron chi connectivity index (χ0n) is 17.1. The van der Waals surface area contributed by atoms with Gasteiger partial charge in [-0.1, -0.05) is 30.3 Å². The number of aromatic nitrogens is 3. The van der Waals surface area contributed by atoms with Crippen LogP contribution in [-0.4, -0.2) is 65.3 Å². The number of rotatable bonds is 6. The molecule has 1 aliphatic heterocycles. The summed E-state index contributed by atoms with van der Waals surface area (Å²) in [6.45, 7) is 1.76. The van der Waals surface area contributed by atoms with Crippen LogP contribution in [0.15, 0.2) is 54.6 Å². The van der Waals surface area contributed by atoms with Crippen molar-refractivity contribution in [3.63, 3.8) is 0 Å². The summed E-state index contributed by atoms with van der Waals surface area (Å²) in [5, 5.41) is 10.5. The highest BCUT2D eigenvalue weighted by Crippen LogP contribution is 2.23. The Bertz CT molecular complexity index is 1040. The molecule has 2 aromatic carbocycles. The molecule has 0 spiro atoms. The number of methoxy groups -OCH3 is 1. The van der Waals surface area contributed by atoms with Crippen LogP contribution in [0.3, 0.4) is 0 Å². The number of carbonyl (C=O) groups is 2. The third-order valence-corrected chi connectivity index (χ3v) is 5.05. The first-order chi connectivity index (χ1) is 15.2. The molecular weight excluding hydrogens is 398 g/mol. The molecule has 0 unspecified atom stereocenters. The molecule has 2 N–H and O–H groups in total. The van der Waals surface area contributed by atoms with E-state index in [4.69, 9.17) is 9.47 Å². The summed E-state index contributed by atoms with van der Waals surface area (Å²) in [4.78, 5) is 30.8. The van der Waals surface area contributed by atoms with Crippen LogP contribution in [0.1, 0.15) is 22.2 Å². The standard InChI is InChI=1S/C22H23N5O4/c1-30-22(29)16-9-7-15(8-10-16)20-24-21(26-25-20)18-13-23-11-12-27(18)19(28)14-31-17-5-3-2-4-6-17/h2-10,18,23H,11-14H2,1H3,(H,24,25,26)/t18-/m1/s1. The van der Waals surface area contributed by atoms with Crippen LogP contribution in [0, 0.1) is 0 Å². The Balaban J connectivity index is 1.46. The van der Waals surface area contributed by atoms with Gasteiger partial charge in [-0.05, 0) is 24.3 Å². The molecule has 0 radical (unpaired) electrons. The molecule has 3 aromatic rings. The number of nitrogens with zero attached hydrogens (tertiary/aromatic N) is 3. The van der Waals surface area contributed by atoms with Crippen LogP contribution in [0.5, 0.6) is 5.75 Å². The number of nitrogens with one attached hydrogen (secondary N) is 2. The average molecular weight is 421 g/mol. The lowest BCUT2D eigenvalue weighted by Gasteiger charge is -2.34. The maximum absolute atomic E-state index is 12.8. The highest BCUT2D eigenvalue weighted by atomic mass is 16.5. The van der Waals surface area contributed by atoms with Gasteiger partial charge in [0.05, 0.1) is 12.7 Å². The van der Waals surface area contributed by atoms with E-state index < -0.39 is 5.97 Å². The van der Waals surface area contributed by atoms with Crippen molar-refractivity contribution < 1.29 is 19.1 Å². The molecule has 0 bridgehead atoms. The first-order valence-corrected chi connectivity index (χ1v) is 9.95. The van der Waals surface area contributed by atoms with Crippen molar-refractivity contribution in [2.45, 2.75) is 6.04 Å². The number of piperazine rings is 1. The van der Waals surface area contributed by atoms with E-state index in [0.717, 1.165) is 5.56 Å². The van der Waals surface area contributed by atoms with Gasteiger partial charge in [0.25, 0.3) is 5.91 Å². The van der Waals surface area contributed by atoms with Gasteiger partial charge in [-0.15, -0.1) is 0 Å². The van der Waals surface area contributed by atoms with E-state index in [2.05, 4.69) is 20.5 Å². The van der Waals surface area contributed by atoms with E-state index in [9.17, 15) is 9.59 Å². The first-order valence-electron chi connectivity index (χ1n) is 9.95. The smallest absolute Gasteiger partial charge is 0.337 e. The maximum atomic E-state index is 12.8. The van der Waals surface area contributed by atoms with Gasteiger partial charge in [-0.3, -0.25) is 9.89 Å². The zero-order valence-corrected chi connectivity index (χ0v) is 17.1. The van der Waals surface area contributed by atoms with Gasteiger partial charge in [-0.2, -0.15) is 5.10 Å². The lowest BCUT2D eigenvalue weighted by Crippen LogP contribution is -2.50. The van der Waals surface area contributed by atoms with Crippen LogP contribution >= 0.6 is 0 Å². The van der Waals surface area contributed by atoms with Crippen LogP contribution in [0.25, 0.3) is 11.4 Å². The molecule has 0 saturated carbocycles. The van der Waals surface area contributed by atoms with Crippen molar-refractivity contribution in [3.05, 3.63) is 66.0 Å². The molecule has 2 heterocycles. The second kappa shape index (κ2) is 9.40. The Labute approximate surface area is 179 Å². The van der Waals surface area contributed by atoms with Gasteiger partial charge in [0.2, 0.25) is 0 Å². The second-order valence-electron chi connectivity index (χ2n) is 7.02. The molecule has 0 aliphatic carbocycles. The number of ether oxygens (including phenoxy) is 2.